The molecule has 0 fully saturated rings. The first-order chi connectivity index (χ1) is 28.3. The third-order valence-electron chi connectivity index (χ3n) is 12.3. The Kier molecular flexibility index (Phi) is 6.16. The second-order valence-electron chi connectivity index (χ2n) is 15.3. The summed E-state index contributed by atoms with van der Waals surface area (Å²) in [6.07, 6.45) is 0. The molecule has 0 amide bonds. The number of aromatic nitrogens is 1. The van der Waals surface area contributed by atoms with Gasteiger partial charge in [0.1, 0.15) is 11.2 Å². The van der Waals surface area contributed by atoms with Gasteiger partial charge in [0.2, 0.25) is 0 Å². The monoisotopic (exact) mass is 724 g/mol. The van der Waals surface area contributed by atoms with E-state index >= 15 is 0 Å². The van der Waals surface area contributed by atoms with Gasteiger partial charge in [-0.2, -0.15) is 0 Å². The molecule has 0 aliphatic carbocycles. The molecule has 57 heavy (non-hydrogen) atoms. The standard InChI is InChI=1S/C54H32N2O/c1-2-12-40-38(10-1)39-11-3-4-13-41(39)48-31-36(25-27-42(40)48)55(35-23-20-33(21-24-35)34-22-29-53-49(30-34)45-15-6-8-19-52(45)57-53)37-26-28-44-47-17-9-16-46-43-14-5-7-18-50(43)56(54(46)47)51(44)32-37/h1-32H. The molecular formula is C54H32N2O. The lowest BCUT2D eigenvalue weighted by atomic mass is 9.94. The highest BCUT2D eigenvalue weighted by molar-refractivity contribution is 6.26. The maximum atomic E-state index is 6.15. The highest BCUT2D eigenvalue weighted by Crippen LogP contribution is 2.45. The number of hydrogen-bond donors (Lipinski definition) is 0. The maximum Gasteiger partial charge on any atom is 0.135 e. The number of rotatable bonds is 4. The lowest BCUT2D eigenvalue weighted by Crippen LogP contribution is -2.10. The molecule has 0 unspecified atom stereocenters. The average molecular weight is 725 g/mol. The molecule has 0 saturated heterocycles. The van der Waals surface area contributed by atoms with Crippen LogP contribution >= 0.6 is 0 Å². The van der Waals surface area contributed by atoms with Crippen LogP contribution in [0.15, 0.2) is 199 Å². The van der Waals surface area contributed by atoms with E-state index < -0.39 is 0 Å². The molecule has 3 heterocycles. The molecular weight excluding hydrogens is 693 g/mol. The molecule has 0 spiro atoms. The van der Waals surface area contributed by atoms with Crippen LogP contribution in [0.2, 0.25) is 0 Å². The van der Waals surface area contributed by atoms with E-state index in [4.69, 9.17) is 4.42 Å². The topological polar surface area (TPSA) is 20.8 Å². The minimum atomic E-state index is 0.908. The van der Waals surface area contributed by atoms with Gasteiger partial charge in [-0.1, -0.05) is 133 Å². The number of benzene rings is 10. The molecule has 3 aromatic heterocycles. The fraction of sp³-hybridized carbons (Fsp3) is 0. The van der Waals surface area contributed by atoms with Gasteiger partial charge in [0, 0.05) is 49.4 Å². The van der Waals surface area contributed by atoms with Crippen molar-refractivity contribution in [1.29, 1.82) is 0 Å². The number of nitrogens with zero attached hydrogens (tertiary/aromatic N) is 2. The van der Waals surface area contributed by atoms with Crippen LogP contribution in [-0.4, -0.2) is 4.40 Å². The Bertz CT molecular complexity index is 3720. The summed E-state index contributed by atoms with van der Waals surface area (Å²) in [6, 6.07) is 70.9. The van der Waals surface area contributed by atoms with Crippen molar-refractivity contribution < 1.29 is 4.42 Å². The lowest BCUT2D eigenvalue weighted by Gasteiger charge is -2.26. The molecule has 264 valence electrons. The van der Waals surface area contributed by atoms with Gasteiger partial charge in [-0.15, -0.1) is 0 Å². The fourth-order valence-corrected chi connectivity index (χ4v) is 9.75. The Balaban J connectivity index is 1.04. The van der Waals surface area contributed by atoms with Crippen molar-refractivity contribution in [2.75, 3.05) is 4.90 Å². The molecule has 0 aliphatic heterocycles. The molecule has 13 aromatic rings. The van der Waals surface area contributed by atoms with Crippen LogP contribution < -0.4 is 4.90 Å². The summed E-state index contributed by atoms with van der Waals surface area (Å²) < 4.78 is 8.62. The number of para-hydroxylation sites is 3. The molecule has 3 nitrogen and oxygen atoms in total. The predicted molar refractivity (Wildman–Crippen MR) is 241 cm³/mol. The van der Waals surface area contributed by atoms with E-state index in [2.05, 4.69) is 191 Å². The second kappa shape index (κ2) is 11.5. The Labute approximate surface area is 327 Å². The van der Waals surface area contributed by atoms with Gasteiger partial charge < -0.3 is 13.7 Å². The smallest absolute Gasteiger partial charge is 0.135 e. The van der Waals surface area contributed by atoms with Crippen molar-refractivity contribution in [2.45, 2.75) is 0 Å². The van der Waals surface area contributed by atoms with E-state index in [1.165, 1.54) is 70.4 Å². The van der Waals surface area contributed by atoms with Gasteiger partial charge in [-0.3, -0.25) is 0 Å². The Morgan fingerprint density at radius 2 is 0.807 bits per heavy atom. The summed E-state index contributed by atoms with van der Waals surface area (Å²) in [7, 11) is 0. The minimum absolute atomic E-state index is 0.908. The van der Waals surface area contributed by atoms with Crippen LogP contribution in [0.5, 0.6) is 0 Å². The summed E-state index contributed by atoms with van der Waals surface area (Å²) in [6.45, 7) is 0. The molecule has 0 N–H and O–H groups in total. The molecule has 10 aromatic carbocycles. The third-order valence-corrected chi connectivity index (χ3v) is 12.3. The number of hydrogen-bond acceptors (Lipinski definition) is 2. The highest BCUT2D eigenvalue weighted by Gasteiger charge is 2.21. The second-order valence-corrected chi connectivity index (χ2v) is 15.3. The van der Waals surface area contributed by atoms with E-state index in [1.54, 1.807) is 0 Å². The lowest BCUT2D eigenvalue weighted by molar-refractivity contribution is 0.669. The van der Waals surface area contributed by atoms with Crippen molar-refractivity contribution >= 4 is 109 Å². The van der Waals surface area contributed by atoms with Gasteiger partial charge >= 0.3 is 0 Å². The summed E-state index contributed by atoms with van der Waals surface area (Å²) in [5.41, 5.74) is 11.2. The minimum Gasteiger partial charge on any atom is -0.456 e. The Hall–Kier alpha value is -7.62. The maximum absolute atomic E-state index is 6.15. The normalized spacial score (nSPS) is 12.2. The zero-order valence-electron chi connectivity index (χ0n) is 30.8. The van der Waals surface area contributed by atoms with Crippen LogP contribution in [0.25, 0.3) is 103 Å². The molecule has 0 saturated carbocycles. The summed E-state index contributed by atoms with van der Waals surface area (Å²) in [5, 5.41) is 15.0. The van der Waals surface area contributed by atoms with E-state index in [-0.39, 0.29) is 0 Å². The molecule has 3 heteroatoms. The molecule has 0 aliphatic rings. The van der Waals surface area contributed by atoms with Gasteiger partial charge in [0.15, 0.2) is 0 Å². The SMILES string of the molecule is c1ccc2c(c1)oc1ccc(-c3ccc(N(c4ccc5c6ccccc6c6ccccc6c5c4)c4ccc5c6cccc7c8ccccc8n(c5c4)c76)cc3)cc12. The van der Waals surface area contributed by atoms with E-state index in [1.807, 2.05) is 12.1 Å². The third kappa shape index (κ3) is 4.31. The number of fused-ring (bicyclic) bond motifs is 15. The van der Waals surface area contributed by atoms with E-state index in [9.17, 15) is 0 Å². The summed E-state index contributed by atoms with van der Waals surface area (Å²) in [5.74, 6) is 0. The molecule has 0 radical (unpaired) electrons. The first-order valence-electron chi connectivity index (χ1n) is 19.6. The van der Waals surface area contributed by atoms with Crippen molar-refractivity contribution in [3.8, 4) is 11.1 Å². The molecule has 0 bridgehead atoms. The first kappa shape index (κ1) is 30.7. The first-order valence-corrected chi connectivity index (χ1v) is 19.6. The van der Waals surface area contributed by atoms with E-state index in [0.29, 0.717) is 0 Å². The number of furan rings is 1. The van der Waals surface area contributed by atoms with Gasteiger partial charge in [0.05, 0.1) is 16.6 Å². The average Bonchev–Trinajstić information content (AvgIpc) is 3.94. The van der Waals surface area contributed by atoms with Crippen molar-refractivity contribution in [1.82, 2.24) is 4.40 Å². The largest absolute Gasteiger partial charge is 0.456 e. The predicted octanol–water partition coefficient (Wildman–Crippen LogP) is 15.3. The van der Waals surface area contributed by atoms with Crippen molar-refractivity contribution in [2.24, 2.45) is 0 Å². The molecule has 13 rings (SSSR count). The van der Waals surface area contributed by atoms with Crippen LogP contribution in [0.1, 0.15) is 0 Å². The van der Waals surface area contributed by atoms with Crippen LogP contribution in [0, 0.1) is 0 Å². The van der Waals surface area contributed by atoms with Gasteiger partial charge in [0.25, 0.3) is 0 Å². The highest BCUT2D eigenvalue weighted by atomic mass is 16.3. The van der Waals surface area contributed by atoms with Crippen LogP contribution in [-0.2, 0) is 0 Å². The van der Waals surface area contributed by atoms with Crippen molar-refractivity contribution in [3.63, 3.8) is 0 Å². The number of anilines is 3. The molecule has 0 atom stereocenters. The summed E-state index contributed by atoms with van der Waals surface area (Å²) >= 11 is 0. The Morgan fingerprint density at radius 3 is 1.54 bits per heavy atom. The van der Waals surface area contributed by atoms with Crippen LogP contribution in [0.4, 0.5) is 17.1 Å². The quantitative estimate of drug-likeness (QED) is 0.169. The Morgan fingerprint density at radius 1 is 0.298 bits per heavy atom. The van der Waals surface area contributed by atoms with E-state index in [0.717, 1.165) is 50.1 Å². The van der Waals surface area contributed by atoms with Gasteiger partial charge in [-0.05, 0) is 104 Å². The van der Waals surface area contributed by atoms with Crippen molar-refractivity contribution in [3.05, 3.63) is 194 Å². The zero-order valence-corrected chi connectivity index (χ0v) is 30.8. The zero-order chi connectivity index (χ0) is 37.2. The summed E-state index contributed by atoms with van der Waals surface area (Å²) in [4.78, 5) is 2.42. The van der Waals surface area contributed by atoms with Gasteiger partial charge in [-0.25, -0.2) is 0 Å². The fourth-order valence-electron chi connectivity index (χ4n) is 9.75. The van der Waals surface area contributed by atoms with Crippen LogP contribution in [0.3, 0.4) is 0 Å².